The maximum atomic E-state index is 12.6. The predicted octanol–water partition coefficient (Wildman–Crippen LogP) is 3.14. The summed E-state index contributed by atoms with van der Waals surface area (Å²) in [5, 5.41) is 12.6. The van der Waals surface area contributed by atoms with Gasteiger partial charge in [-0.1, -0.05) is 12.1 Å². The highest BCUT2D eigenvalue weighted by Gasteiger charge is 2.37. The molecule has 3 amide bonds. The van der Waals surface area contributed by atoms with E-state index in [0.29, 0.717) is 30.1 Å². The molecule has 1 aromatic heterocycles. The summed E-state index contributed by atoms with van der Waals surface area (Å²) in [6, 6.07) is 11.4. The number of urea groups is 1. The summed E-state index contributed by atoms with van der Waals surface area (Å²) in [4.78, 5) is 42.3. The van der Waals surface area contributed by atoms with Gasteiger partial charge in [0.05, 0.1) is 24.2 Å². The van der Waals surface area contributed by atoms with Gasteiger partial charge < -0.3 is 25.8 Å². The summed E-state index contributed by atoms with van der Waals surface area (Å²) < 4.78 is 0. The molecule has 216 valence electrons. The molecule has 0 radical (unpaired) electrons. The summed E-state index contributed by atoms with van der Waals surface area (Å²) in [6.45, 7) is 5.05. The van der Waals surface area contributed by atoms with Crippen LogP contribution in [0.4, 0.5) is 22.1 Å². The molecule has 3 saturated heterocycles. The van der Waals surface area contributed by atoms with Crippen LogP contribution in [0.3, 0.4) is 0 Å². The van der Waals surface area contributed by atoms with Gasteiger partial charge in [-0.25, -0.2) is 14.8 Å². The van der Waals surface area contributed by atoms with Crippen molar-refractivity contribution in [2.75, 3.05) is 56.5 Å². The van der Waals surface area contributed by atoms with Crippen LogP contribution in [0.25, 0.3) is 0 Å². The van der Waals surface area contributed by atoms with E-state index < -0.39 is 5.91 Å². The van der Waals surface area contributed by atoms with E-state index in [9.17, 15) is 14.9 Å². The first-order valence-corrected chi connectivity index (χ1v) is 14.9. The van der Waals surface area contributed by atoms with Crippen LogP contribution < -0.4 is 16.0 Å². The van der Waals surface area contributed by atoms with Gasteiger partial charge >= 0.3 is 6.03 Å². The number of nitrogens with one attached hydrogen (secondary N) is 1. The zero-order chi connectivity index (χ0) is 28.5. The summed E-state index contributed by atoms with van der Waals surface area (Å²) in [5.41, 5.74) is 7.87. The van der Waals surface area contributed by atoms with E-state index >= 15 is 0 Å². The number of aromatic nitrogens is 2. The Hall–Kier alpha value is -3.91. The maximum Gasteiger partial charge on any atom is 0.320 e. The number of likely N-dealkylation sites (N-methyl/N-ethyl adjacent to an activating group) is 1. The van der Waals surface area contributed by atoms with E-state index in [2.05, 4.69) is 38.3 Å². The van der Waals surface area contributed by atoms with Crippen LogP contribution in [0.5, 0.6) is 0 Å². The van der Waals surface area contributed by atoms with E-state index in [1.54, 1.807) is 11.1 Å². The monoisotopic (exact) mass is 557 g/mol. The van der Waals surface area contributed by atoms with Crippen LogP contribution >= 0.6 is 0 Å². The number of benzene rings is 1. The summed E-state index contributed by atoms with van der Waals surface area (Å²) in [5.74, 6) is 1.07. The number of nitrogens with zero attached hydrogens (tertiary/aromatic N) is 7. The first kappa shape index (κ1) is 27.3. The average Bonchev–Trinajstić information content (AvgIpc) is 3.31. The van der Waals surface area contributed by atoms with Gasteiger partial charge in [0.2, 0.25) is 0 Å². The first-order valence-electron chi connectivity index (χ1n) is 14.9. The molecular formula is C30H39N9O2. The SMILES string of the molecule is CN1CCN([C@@H]2CCCN(c3cnc(C(N)=O)c(Nc4ccc(C5CCN(C6CCC6C#N)CC5)cc4)n3)C2)C1=O. The third-order valence-electron chi connectivity index (χ3n) is 9.45. The van der Waals surface area contributed by atoms with Gasteiger partial charge in [0.25, 0.3) is 5.91 Å². The molecule has 4 heterocycles. The Morgan fingerprint density at radius 1 is 1.05 bits per heavy atom. The van der Waals surface area contributed by atoms with Gasteiger partial charge in [-0.15, -0.1) is 0 Å². The second-order valence-electron chi connectivity index (χ2n) is 11.9. The van der Waals surface area contributed by atoms with Gasteiger partial charge in [-0.05, 0) is 75.2 Å². The van der Waals surface area contributed by atoms with Crippen molar-refractivity contribution in [3.05, 3.63) is 41.7 Å². The fraction of sp³-hybridized carbons (Fsp3) is 0.567. The molecule has 4 fully saturated rings. The Bertz CT molecular complexity index is 1320. The molecule has 41 heavy (non-hydrogen) atoms. The Balaban J connectivity index is 1.12. The minimum absolute atomic E-state index is 0.0781. The molecule has 3 atom stereocenters. The van der Waals surface area contributed by atoms with Gasteiger partial charge in [-0.3, -0.25) is 9.69 Å². The molecule has 3 N–H and O–H groups in total. The zero-order valence-electron chi connectivity index (χ0n) is 23.7. The maximum absolute atomic E-state index is 12.6. The van der Waals surface area contributed by atoms with Crippen molar-refractivity contribution in [1.29, 1.82) is 5.26 Å². The first-order chi connectivity index (χ1) is 19.9. The molecule has 11 nitrogen and oxygen atoms in total. The molecule has 1 saturated carbocycles. The Labute approximate surface area is 241 Å². The number of hydrogen-bond donors (Lipinski definition) is 2. The van der Waals surface area contributed by atoms with E-state index in [1.807, 2.05) is 24.1 Å². The van der Waals surface area contributed by atoms with Crippen molar-refractivity contribution in [3.8, 4) is 6.07 Å². The summed E-state index contributed by atoms with van der Waals surface area (Å²) >= 11 is 0. The average molecular weight is 558 g/mol. The van der Waals surface area contributed by atoms with Gasteiger partial charge in [0.1, 0.15) is 5.82 Å². The van der Waals surface area contributed by atoms with Crippen molar-refractivity contribution in [3.63, 3.8) is 0 Å². The lowest BCUT2D eigenvalue weighted by Gasteiger charge is -2.44. The minimum atomic E-state index is -0.637. The number of nitriles is 1. The highest BCUT2D eigenvalue weighted by atomic mass is 16.2. The van der Waals surface area contributed by atoms with Gasteiger partial charge in [0.15, 0.2) is 11.5 Å². The van der Waals surface area contributed by atoms with Crippen molar-refractivity contribution in [2.24, 2.45) is 11.7 Å². The van der Waals surface area contributed by atoms with E-state index in [-0.39, 0.29) is 23.7 Å². The van der Waals surface area contributed by atoms with Crippen LogP contribution in [0, 0.1) is 17.2 Å². The number of hydrogen-bond acceptors (Lipinski definition) is 8. The normalized spacial score (nSPS) is 25.6. The number of amides is 3. The molecule has 0 spiro atoms. The van der Waals surface area contributed by atoms with Crippen molar-refractivity contribution >= 4 is 29.3 Å². The largest absolute Gasteiger partial charge is 0.364 e. The second kappa shape index (κ2) is 11.5. The van der Waals surface area contributed by atoms with E-state index in [1.165, 1.54) is 5.56 Å². The lowest BCUT2D eigenvalue weighted by atomic mass is 9.78. The third kappa shape index (κ3) is 5.53. The zero-order valence-corrected chi connectivity index (χ0v) is 23.7. The van der Waals surface area contributed by atoms with Crippen molar-refractivity contribution < 1.29 is 9.59 Å². The summed E-state index contributed by atoms with van der Waals surface area (Å²) in [6.07, 6.45) is 7.88. The number of primary amides is 1. The van der Waals surface area contributed by atoms with Crippen molar-refractivity contribution in [1.82, 2.24) is 24.7 Å². The van der Waals surface area contributed by atoms with Crippen LogP contribution in [0.15, 0.2) is 30.5 Å². The van der Waals surface area contributed by atoms with Crippen molar-refractivity contribution in [2.45, 2.75) is 56.5 Å². The van der Waals surface area contributed by atoms with Gasteiger partial charge in [-0.2, -0.15) is 5.26 Å². The quantitative estimate of drug-likeness (QED) is 0.530. The molecule has 2 unspecified atom stereocenters. The number of carbonyl (C=O) groups is 2. The second-order valence-corrected chi connectivity index (χ2v) is 11.9. The molecule has 11 heteroatoms. The fourth-order valence-electron chi connectivity index (χ4n) is 6.83. The topological polar surface area (TPSA) is 135 Å². The van der Waals surface area contributed by atoms with E-state index in [4.69, 9.17) is 10.7 Å². The number of piperidine rings is 2. The minimum Gasteiger partial charge on any atom is -0.364 e. The number of nitrogens with two attached hydrogens (primary N) is 1. The molecule has 6 rings (SSSR count). The molecule has 1 aromatic carbocycles. The van der Waals surface area contributed by atoms with Crippen LogP contribution in [0.2, 0.25) is 0 Å². The standard InChI is InChI=1S/C30H39N9O2/c1-36-15-16-39(30(36)41)24-3-2-12-38(19-24)26-18-33-27(28(32)40)29(35-26)34-23-7-4-20(5-8-23)21-10-13-37(14-11-21)25-9-6-22(25)17-31/h4-5,7-8,18,21-22,24-25H,2-3,6,9-16,19H2,1H3,(H2,32,40)(H,34,35)/t22?,24-,25?/m1/s1. The predicted molar refractivity (Wildman–Crippen MR) is 156 cm³/mol. The van der Waals surface area contributed by atoms with Gasteiger partial charge in [0, 0.05) is 45.0 Å². The highest BCUT2D eigenvalue weighted by Crippen LogP contribution is 2.37. The molecule has 3 aliphatic heterocycles. The van der Waals surface area contributed by atoms with Crippen LogP contribution in [-0.4, -0.2) is 95.0 Å². The summed E-state index contributed by atoms with van der Waals surface area (Å²) in [7, 11) is 1.84. The lowest BCUT2D eigenvalue weighted by Crippen LogP contribution is -2.49. The number of rotatable bonds is 7. The molecular weight excluding hydrogens is 518 g/mol. The Morgan fingerprint density at radius 3 is 2.46 bits per heavy atom. The third-order valence-corrected chi connectivity index (χ3v) is 9.45. The number of likely N-dealkylation sites (tertiary alicyclic amines) is 1. The fourth-order valence-corrected chi connectivity index (χ4v) is 6.83. The van der Waals surface area contributed by atoms with E-state index in [0.717, 1.165) is 76.9 Å². The number of anilines is 3. The Kier molecular flexibility index (Phi) is 7.67. The van der Waals surface area contributed by atoms with Crippen LogP contribution in [0.1, 0.15) is 60.5 Å². The Morgan fingerprint density at radius 2 is 1.83 bits per heavy atom. The molecule has 4 aliphatic rings. The number of carbonyl (C=O) groups excluding carboxylic acids is 2. The molecule has 2 aromatic rings. The molecule has 0 bridgehead atoms. The lowest BCUT2D eigenvalue weighted by molar-refractivity contribution is 0.0667. The smallest absolute Gasteiger partial charge is 0.320 e. The van der Waals surface area contributed by atoms with Crippen LogP contribution in [-0.2, 0) is 0 Å². The molecule has 1 aliphatic carbocycles. The highest BCUT2D eigenvalue weighted by molar-refractivity contribution is 5.96.